The van der Waals surface area contributed by atoms with E-state index in [-0.39, 0.29) is 0 Å². The lowest BCUT2D eigenvalue weighted by atomic mass is 10.3. The van der Waals surface area contributed by atoms with E-state index < -0.39 is 0 Å². The largest absolute Gasteiger partial charge is 0.493 e. The highest BCUT2D eigenvalue weighted by Gasteiger charge is 2.03. The van der Waals surface area contributed by atoms with Gasteiger partial charge in [-0.25, -0.2) is 4.98 Å². The molecule has 1 heterocycles. The van der Waals surface area contributed by atoms with Crippen molar-refractivity contribution in [1.82, 2.24) is 4.98 Å². The number of aromatic nitrogens is 1. The molecular weight excluding hydrogens is 192 g/mol. The van der Waals surface area contributed by atoms with Crippen molar-refractivity contribution >= 4 is 11.1 Å². The molecule has 15 heavy (non-hydrogen) atoms. The molecule has 1 aromatic heterocycles. The van der Waals surface area contributed by atoms with Gasteiger partial charge in [0.2, 0.25) is 0 Å². The van der Waals surface area contributed by atoms with Crippen LogP contribution in [0.15, 0.2) is 22.6 Å². The Morgan fingerprint density at radius 1 is 1.47 bits per heavy atom. The Morgan fingerprint density at radius 2 is 2.33 bits per heavy atom. The molecular formula is C11H14N2O2. The maximum atomic E-state index is 5.50. The van der Waals surface area contributed by atoms with Crippen LogP contribution in [0.1, 0.15) is 12.3 Å². The predicted molar refractivity (Wildman–Crippen MR) is 57.9 cm³/mol. The lowest BCUT2D eigenvalue weighted by Gasteiger charge is -2.03. The van der Waals surface area contributed by atoms with Crippen molar-refractivity contribution in [2.45, 2.75) is 13.3 Å². The summed E-state index contributed by atoms with van der Waals surface area (Å²) in [6.07, 6.45) is 0.857. The van der Waals surface area contributed by atoms with Crippen molar-refractivity contribution in [1.29, 1.82) is 0 Å². The number of fused-ring (bicyclic) bond motifs is 1. The van der Waals surface area contributed by atoms with Crippen LogP contribution < -0.4 is 10.5 Å². The first-order chi connectivity index (χ1) is 7.29. The molecule has 0 bridgehead atoms. The third-order valence-corrected chi connectivity index (χ3v) is 2.08. The molecule has 0 aliphatic carbocycles. The summed E-state index contributed by atoms with van der Waals surface area (Å²) in [5, 5.41) is 0. The molecule has 0 radical (unpaired) electrons. The number of nitrogens with two attached hydrogens (primary N) is 1. The Bertz CT molecular complexity index is 451. The van der Waals surface area contributed by atoms with E-state index >= 15 is 0 Å². The molecule has 0 spiro atoms. The molecule has 0 unspecified atom stereocenters. The van der Waals surface area contributed by atoms with Crippen LogP contribution in [0.25, 0.3) is 11.1 Å². The van der Waals surface area contributed by atoms with Gasteiger partial charge in [-0.05, 0) is 25.1 Å². The number of benzene rings is 1. The fraction of sp³-hybridized carbons (Fsp3) is 0.364. The van der Waals surface area contributed by atoms with Crippen LogP contribution in [-0.4, -0.2) is 18.1 Å². The Morgan fingerprint density at radius 3 is 3.13 bits per heavy atom. The minimum Gasteiger partial charge on any atom is -0.493 e. The molecule has 0 aliphatic heterocycles. The second-order valence-electron chi connectivity index (χ2n) is 3.35. The zero-order chi connectivity index (χ0) is 10.7. The van der Waals surface area contributed by atoms with Gasteiger partial charge in [0.05, 0.1) is 6.61 Å². The number of hydrogen-bond acceptors (Lipinski definition) is 4. The standard InChI is InChI=1S/C11H14N2O2/c1-8-13-10-7-9(14-6-2-5-12)3-4-11(10)15-8/h3-4,7H,2,5-6,12H2,1H3. The van der Waals surface area contributed by atoms with Crippen molar-refractivity contribution in [3.05, 3.63) is 24.1 Å². The number of ether oxygens (including phenoxy) is 1. The van der Waals surface area contributed by atoms with Gasteiger partial charge in [0.1, 0.15) is 11.3 Å². The van der Waals surface area contributed by atoms with Gasteiger partial charge in [-0.3, -0.25) is 0 Å². The summed E-state index contributed by atoms with van der Waals surface area (Å²) >= 11 is 0. The smallest absolute Gasteiger partial charge is 0.192 e. The topological polar surface area (TPSA) is 61.3 Å². The average Bonchev–Trinajstić information content (AvgIpc) is 2.57. The van der Waals surface area contributed by atoms with Gasteiger partial charge in [0, 0.05) is 13.0 Å². The zero-order valence-electron chi connectivity index (χ0n) is 8.69. The van der Waals surface area contributed by atoms with Crippen LogP contribution in [0.4, 0.5) is 0 Å². The summed E-state index contributed by atoms with van der Waals surface area (Å²) < 4.78 is 10.9. The first-order valence-corrected chi connectivity index (χ1v) is 4.99. The Hall–Kier alpha value is -1.55. The first-order valence-electron chi connectivity index (χ1n) is 4.99. The lowest BCUT2D eigenvalue weighted by Crippen LogP contribution is -2.05. The molecule has 0 atom stereocenters. The van der Waals surface area contributed by atoms with E-state index in [1.807, 2.05) is 25.1 Å². The molecule has 0 fully saturated rings. The highest BCUT2D eigenvalue weighted by Crippen LogP contribution is 2.21. The maximum absolute atomic E-state index is 5.50. The second-order valence-corrected chi connectivity index (χ2v) is 3.35. The molecule has 1 aromatic carbocycles. The highest BCUT2D eigenvalue weighted by atomic mass is 16.5. The summed E-state index contributed by atoms with van der Waals surface area (Å²) in [7, 11) is 0. The summed E-state index contributed by atoms with van der Waals surface area (Å²) in [5.41, 5.74) is 7.00. The monoisotopic (exact) mass is 206 g/mol. The minimum atomic E-state index is 0.638. The molecule has 80 valence electrons. The SMILES string of the molecule is Cc1nc2cc(OCCCN)ccc2o1. The van der Waals surface area contributed by atoms with E-state index in [2.05, 4.69) is 4.98 Å². The van der Waals surface area contributed by atoms with Crippen LogP contribution in [0.3, 0.4) is 0 Å². The van der Waals surface area contributed by atoms with E-state index in [1.165, 1.54) is 0 Å². The van der Waals surface area contributed by atoms with Crippen LogP contribution >= 0.6 is 0 Å². The van der Waals surface area contributed by atoms with E-state index in [9.17, 15) is 0 Å². The van der Waals surface area contributed by atoms with Gasteiger partial charge >= 0.3 is 0 Å². The summed E-state index contributed by atoms with van der Waals surface area (Å²) in [4.78, 5) is 4.23. The third-order valence-electron chi connectivity index (χ3n) is 2.08. The molecule has 4 nitrogen and oxygen atoms in total. The fourth-order valence-electron chi connectivity index (χ4n) is 1.39. The van der Waals surface area contributed by atoms with E-state index in [0.29, 0.717) is 19.0 Å². The normalized spacial score (nSPS) is 10.8. The fourth-order valence-corrected chi connectivity index (χ4v) is 1.39. The third kappa shape index (κ3) is 2.27. The number of hydrogen-bond donors (Lipinski definition) is 1. The first kappa shape index (κ1) is 9.98. The Labute approximate surface area is 88.0 Å². The van der Waals surface area contributed by atoms with Crippen molar-refractivity contribution in [3.8, 4) is 5.75 Å². The van der Waals surface area contributed by atoms with Gasteiger partial charge in [-0.15, -0.1) is 0 Å². The summed E-state index contributed by atoms with van der Waals surface area (Å²) in [6, 6.07) is 5.62. The molecule has 4 heteroatoms. The number of rotatable bonds is 4. The van der Waals surface area contributed by atoms with Crippen molar-refractivity contribution in [2.75, 3.05) is 13.2 Å². The lowest BCUT2D eigenvalue weighted by molar-refractivity contribution is 0.314. The van der Waals surface area contributed by atoms with Crippen LogP contribution in [0.5, 0.6) is 5.75 Å². The van der Waals surface area contributed by atoms with Crippen molar-refractivity contribution in [2.24, 2.45) is 5.73 Å². The van der Waals surface area contributed by atoms with Gasteiger partial charge in [-0.1, -0.05) is 0 Å². The van der Waals surface area contributed by atoms with Gasteiger partial charge in [-0.2, -0.15) is 0 Å². The van der Waals surface area contributed by atoms with Gasteiger partial charge in [0.15, 0.2) is 11.5 Å². The van der Waals surface area contributed by atoms with Gasteiger partial charge in [0.25, 0.3) is 0 Å². The number of nitrogens with zero attached hydrogens (tertiary/aromatic N) is 1. The molecule has 2 aromatic rings. The van der Waals surface area contributed by atoms with E-state index in [4.69, 9.17) is 14.9 Å². The minimum absolute atomic E-state index is 0.638. The van der Waals surface area contributed by atoms with Crippen LogP contribution in [0, 0.1) is 6.92 Å². The highest BCUT2D eigenvalue weighted by molar-refractivity contribution is 5.74. The summed E-state index contributed by atoms with van der Waals surface area (Å²) in [5.74, 6) is 1.48. The van der Waals surface area contributed by atoms with Crippen molar-refractivity contribution in [3.63, 3.8) is 0 Å². The molecule has 2 rings (SSSR count). The number of aryl methyl sites for hydroxylation is 1. The van der Waals surface area contributed by atoms with Crippen LogP contribution in [-0.2, 0) is 0 Å². The Kier molecular flexibility index (Phi) is 2.87. The zero-order valence-corrected chi connectivity index (χ0v) is 8.69. The summed E-state index contributed by atoms with van der Waals surface area (Å²) in [6.45, 7) is 3.11. The average molecular weight is 206 g/mol. The quantitative estimate of drug-likeness (QED) is 0.776. The van der Waals surface area contributed by atoms with E-state index in [0.717, 1.165) is 23.3 Å². The molecule has 0 saturated heterocycles. The Balaban J connectivity index is 2.15. The van der Waals surface area contributed by atoms with Gasteiger partial charge < -0.3 is 14.9 Å². The predicted octanol–water partition coefficient (Wildman–Crippen LogP) is 1.86. The maximum Gasteiger partial charge on any atom is 0.192 e. The molecule has 0 saturated carbocycles. The molecule has 0 amide bonds. The molecule has 2 N–H and O–H groups in total. The second kappa shape index (κ2) is 4.31. The molecule has 0 aliphatic rings. The number of oxazole rings is 1. The van der Waals surface area contributed by atoms with Crippen molar-refractivity contribution < 1.29 is 9.15 Å². The van der Waals surface area contributed by atoms with E-state index in [1.54, 1.807) is 0 Å². The van der Waals surface area contributed by atoms with Crippen LogP contribution in [0.2, 0.25) is 0 Å².